The molecule has 2 aromatic rings. The number of nitrogen functional groups attached to an aromatic ring is 1. The van der Waals surface area contributed by atoms with Gasteiger partial charge in [0, 0.05) is 0 Å². The van der Waals surface area contributed by atoms with Gasteiger partial charge in [0.15, 0.2) is 0 Å². The monoisotopic (exact) mass is 291 g/mol. The van der Waals surface area contributed by atoms with Crippen molar-refractivity contribution in [3.05, 3.63) is 12.7 Å². The summed E-state index contributed by atoms with van der Waals surface area (Å²) in [4.78, 5) is 16.5. The molecule has 0 saturated heterocycles. The Labute approximate surface area is 120 Å². The first kappa shape index (κ1) is 13.6. The molecule has 3 rings (SSSR count). The molecule has 0 spiro atoms. The van der Waals surface area contributed by atoms with Gasteiger partial charge >= 0.3 is 0 Å². The molecule has 2 heterocycles. The van der Waals surface area contributed by atoms with Crippen LogP contribution in [0.2, 0.25) is 0 Å². The Balaban J connectivity index is 1.92. The van der Waals surface area contributed by atoms with Gasteiger partial charge in [0.25, 0.3) is 5.95 Å². The maximum atomic E-state index is 9.66. The number of aliphatic hydroxyl groups excluding tert-OH is 1. The van der Waals surface area contributed by atoms with Crippen molar-refractivity contribution in [1.29, 1.82) is 0 Å². The first-order valence-corrected chi connectivity index (χ1v) is 6.71. The van der Waals surface area contributed by atoms with Gasteiger partial charge in [0.1, 0.15) is 12.7 Å². The molecule has 0 atom stereocenters. The fourth-order valence-corrected chi connectivity index (χ4v) is 2.51. The summed E-state index contributed by atoms with van der Waals surface area (Å²) in [7, 11) is 0. The minimum atomic E-state index is -0.382. The van der Waals surface area contributed by atoms with Crippen molar-refractivity contribution in [1.82, 2.24) is 29.7 Å². The van der Waals surface area contributed by atoms with E-state index >= 15 is 0 Å². The van der Waals surface area contributed by atoms with Gasteiger partial charge in [0.05, 0.1) is 12.1 Å². The largest absolute Gasteiger partial charge is 0.394 e. The summed E-state index contributed by atoms with van der Waals surface area (Å²) in [5.74, 6) is 6.24. The molecule has 0 radical (unpaired) electrons. The maximum absolute atomic E-state index is 9.66. The lowest BCUT2D eigenvalue weighted by molar-refractivity contribution is 0.213. The van der Waals surface area contributed by atoms with E-state index in [-0.39, 0.29) is 18.1 Å². The van der Waals surface area contributed by atoms with Crippen LogP contribution in [0.25, 0.3) is 5.95 Å². The second-order valence-electron chi connectivity index (χ2n) is 5.04. The van der Waals surface area contributed by atoms with Crippen LogP contribution in [-0.2, 0) is 0 Å². The third-order valence-electron chi connectivity index (χ3n) is 3.62. The average Bonchev–Trinajstić information content (AvgIpc) is 3.19. The standard InChI is InChI=1S/C11H17N9O/c12-19-9-15-8(18-11(5-21)3-1-2-4-11)16-10(17-9)20-7-13-6-14-20/h6-7,21H,1-5,12H2,(H2,15,16,17,18,19). The zero-order chi connectivity index (χ0) is 14.7. The van der Waals surface area contributed by atoms with Gasteiger partial charge < -0.3 is 10.4 Å². The van der Waals surface area contributed by atoms with Crippen LogP contribution in [0.5, 0.6) is 0 Å². The smallest absolute Gasteiger partial charge is 0.258 e. The third-order valence-corrected chi connectivity index (χ3v) is 3.62. The lowest BCUT2D eigenvalue weighted by Crippen LogP contribution is -2.40. The zero-order valence-corrected chi connectivity index (χ0v) is 11.4. The molecule has 21 heavy (non-hydrogen) atoms. The number of nitrogens with zero attached hydrogens (tertiary/aromatic N) is 6. The van der Waals surface area contributed by atoms with Crippen LogP contribution in [-0.4, -0.2) is 47.0 Å². The van der Waals surface area contributed by atoms with E-state index in [0.717, 1.165) is 25.7 Å². The van der Waals surface area contributed by atoms with Gasteiger partial charge in [-0.1, -0.05) is 12.8 Å². The number of hydrogen-bond acceptors (Lipinski definition) is 9. The predicted molar refractivity (Wildman–Crippen MR) is 74.5 cm³/mol. The molecule has 1 aliphatic rings. The second kappa shape index (κ2) is 5.58. The number of rotatable bonds is 5. The second-order valence-corrected chi connectivity index (χ2v) is 5.04. The van der Waals surface area contributed by atoms with E-state index in [1.165, 1.54) is 17.3 Å². The highest BCUT2D eigenvalue weighted by molar-refractivity contribution is 5.39. The van der Waals surface area contributed by atoms with Crippen LogP contribution in [0.15, 0.2) is 12.7 Å². The quantitative estimate of drug-likeness (QED) is 0.422. The van der Waals surface area contributed by atoms with Crippen LogP contribution in [0.3, 0.4) is 0 Å². The molecule has 10 nitrogen and oxygen atoms in total. The van der Waals surface area contributed by atoms with E-state index in [1.807, 2.05) is 0 Å². The Hall–Kier alpha value is -2.33. The molecule has 0 aliphatic heterocycles. The molecule has 2 aromatic heterocycles. The molecule has 1 fully saturated rings. The zero-order valence-electron chi connectivity index (χ0n) is 11.4. The van der Waals surface area contributed by atoms with Gasteiger partial charge in [-0.2, -0.15) is 24.7 Å². The van der Waals surface area contributed by atoms with Gasteiger partial charge in [-0.25, -0.2) is 10.8 Å². The fourth-order valence-electron chi connectivity index (χ4n) is 2.51. The Morgan fingerprint density at radius 3 is 2.62 bits per heavy atom. The van der Waals surface area contributed by atoms with Crippen molar-refractivity contribution in [2.24, 2.45) is 5.84 Å². The first-order valence-electron chi connectivity index (χ1n) is 6.71. The van der Waals surface area contributed by atoms with Gasteiger partial charge in [-0.15, -0.1) is 0 Å². The molecule has 0 amide bonds. The highest BCUT2D eigenvalue weighted by Crippen LogP contribution is 2.32. The summed E-state index contributed by atoms with van der Waals surface area (Å²) in [6.07, 6.45) is 6.75. The Bertz CT molecular complexity index is 594. The SMILES string of the molecule is NNc1nc(NC2(CO)CCCC2)nc(-n2cncn2)n1. The Kier molecular flexibility index (Phi) is 3.62. The summed E-state index contributed by atoms with van der Waals surface area (Å²) >= 11 is 0. The number of hydrazine groups is 1. The topological polar surface area (TPSA) is 140 Å². The van der Waals surface area contributed by atoms with Crippen molar-refractivity contribution in [3.8, 4) is 5.95 Å². The van der Waals surface area contributed by atoms with Crippen LogP contribution >= 0.6 is 0 Å². The summed E-state index contributed by atoms with van der Waals surface area (Å²) in [6, 6.07) is 0. The molecule has 1 aliphatic carbocycles. The normalized spacial score (nSPS) is 16.9. The van der Waals surface area contributed by atoms with Crippen molar-refractivity contribution in [3.63, 3.8) is 0 Å². The van der Waals surface area contributed by atoms with E-state index in [0.29, 0.717) is 11.9 Å². The van der Waals surface area contributed by atoms with Crippen molar-refractivity contribution in [2.75, 3.05) is 17.3 Å². The molecule has 1 saturated carbocycles. The van der Waals surface area contributed by atoms with Crippen LogP contribution in [0.1, 0.15) is 25.7 Å². The predicted octanol–water partition coefficient (Wildman–Crippen LogP) is -0.545. The van der Waals surface area contributed by atoms with E-state index in [1.54, 1.807) is 0 Å². The Morgan fingerprint density at radius 1 is 1.24 bits per heavy atom. The summed E-state index contributed by atoms with van der Waals surface area (Å²) in [6.45, 7) is 0.0305. The molecule has 5 N–H and O–H groups in total. The number of aliphatic hydroxyl groups is 1. The van der Waals surface area contributed by atoms with Crippen molar-refractivity contribution < 1.29 is 5.11 Å². The summed E-state index contributed by atoms with van der Waals surface area (Å²) < 4.78 is 1.41. The molecule has 0 aromatic carbocycles. The first-order chi connectivity index (χ1) is 10.2. The van der Waals surface area contributed by atoms with Gasteiger partial charge in [0.2, 0.25) is 11.9 Å². The maximum Gasteiger partial charge on any atom is 0.258 e. The van der Waals surface area contributed by atoms with E-state index in [9.17, 15) is 5.11 Å². The Morgan fingerprint density at radius 2 is 2.00 bits per heavy atom. The van der Waals surface area contributed by atoms with Crippen molar-refractivity contribution in [2.45, 2.75) is 31.2 Å². The molecule has 0 unspecified atom stereocenters. The minimum Gasteiger partial charge on any atom is -0.394 e. The van der Waals surface area contributed by atoms with Gasteiger partial charge in [-0.05, 0) is 12.8 Å². The number of nitrogens with one attached hydrogen (secondary N) is 2. The van der Waals surface area contributed by atoms with E-state index < -0.39 is 0 Å². The highest BCUT2D eigenvalue weighted by Gasteiger charge is 2.34. The van der Waals surface area contributed by atoms with Crippen molar-refractivity contribution >= 4 is 11.9 Å². The minimum absolute atomic E-state index is 0.0305. The third kappa shape index (κ3) is 2.76. The summed E-state index contributed by atoms with van der Waals surface area (Å²) in [5.41, 5.74) is 2.02. The van der Waals surface area contributed by atoms with Crippen LogP contribution in [0.4, 0.5) is 11.9 Å². The number of anilines is 2. The van der Waals surface area contributed by atoms with Crippen LogP contribution < -0.4 is 16.6 Å². The number of nitrogens with two attached hydrogens (primary N) is 1. The molecule has 10 heteroatoms. The van der Waals surface area contributed by atoms with E-state index in [4.69, 9.17) is 5.84 Å². The molecular weight excluding hydrogens is 274 g/mol. The number of aromatic nitrogens is 6. The lowest BCUT2D eigenvalue weighted by Gasteiger charge is -2.28. The molecule has 112 valence electrons. The molecule has 0 bridgehead atoms. The van der Waals surface area contributed by atoms with Gasteiger partial charge in [-0.3, -0.25) is 5.43 Å². The van der Waals surface area contributed by atoms with Crippen LogP contribution in [0, 0.1) is 0 Å². The lowest BCUT2D eigenvalue weighted by atomic mass is 9.99. The fraction of sp³-hybridized carbons (Fsp3) is 0.545. The molecular formula is C11H17N9O. The summed E-state index contributed by atoms with van der Waals surface area (Å²) in [5, 5.41) is 16.8. The number of hydrogen-bond donors (Lipinski definition) is 4. The highest BCUT2D eigenvalue weighted by atomic mass is 16.3. The average molecular weight is 291 g/mol. The van der Waals surface area contributed by atoms with E-state index in [2.05, 4.69) is 35.8 Å².